The van der Waals surface area contributed by atoms with Crippen molar-refractivity contribution in [2.45, 2.75) is 26.5 Å². The number of aromatic nitrogens is 2. The number of benzene rings is 1. The minimum Gasteiger partial charge on any atom is -0.487 e. The zero-order valence-electron chi connectivity index (χ0n) is 10.7. The van der Waals surface area contributed by atoms with E-state index in [9.17, 15) is 0 Å². The summed E-state index contributed by atoms with van der Waals surface area (Å²) in [6.07, 6.45) is 4.57. The highest BCUT2D eigenvalue weighted by atomic mass is 16.5. The number of nitrogens with zero attached hydrogens (tertiary/aromatic N) is 2. The fraction of sp³-hybridized carbons (Fsp3) is 0.357. The summed E-state index contributed by atoms with van der Waals surface area (Å²) < 4.78 is 7.81. The molecule has 0 saturated carbocycles. The van der Waals surface area contributed by atoms with Crippen LogP contribution in [-0.4, -0.2) is 16.1 Å². The van der Waals surface area contributed by atoms with E-state index in [1.165, 1.54) is 5.56 Å². The summed E-state index contributed by atoms with van der Waals surface area (Å²) >= 11 is 0. The molecule has 4 heteroatoms. The van der Waals surface area contributed by atoms with Gasteiger partial charge in [0.15, 0.2) is 0 Å². The normalized spacial score (nSPS) is 10.6. The van der Waals surface area contributed by atoms with E-state index in [0.717, 1.165) is 24.4 Å². The highest BCUT2D eigenvalue weighted by molar-refractivity contribution is 5.27. The maximum atomic E-state index is 5.73. The van der Waals surface area contributed by atoms with Gasteiger partial charge in [0.25, 0.3) is 0 Å². The van der Waals surface area contributed by atoms with Crippen molar-refractivity contribution >= 4 is 0 Å². The molecule has 2 N–H and O–H groups in total. The number of hydrogen-bond donors (Lipinski definition) is 1. The number of hydrogen-bond acceptors (Lipinski definition) is 3. The Morgan fingerprint density at radius 3 is 2.72 bits per heavy atom. The van der Waals surface area contributed by atoms with Crippen molar-refractivity contribution in [1.82, 2.24) is 9.55 Å². The van der Waals surface area contributed by atoms with E-state index in [0.29, 0.717) is 13.2 Å². The lowest BCUT2D eigenvalue weighted by molar-refractivity contribution is 0.295. The summed E-state index contributed by atoms with van der Waals surface area (Å²) in [5.41, 5.74) is 7.84. The number of aryl methyl sites for hydroxylation is 1. The largest absolute Gasteiger partial charge is 0.487 e. The summed E-state index contributed by atoms with van der Waals surface area (Å²) in [5.74, 6) is 0.875. The second-order valence-electron chi connectivity index (χ2n) is 4.14. The first-order valence-corrected chi connectivity index (χ1v) is 6.24. The van der Waals surface area contributed by atoms with Crippen molar-refractivity contribution < 1.29 is 4.74 Å². The lowest BCUT2D eigenvalue weighted by Gasteiger charge is -2.08. The molecule has 0 unspecified atom stereocenters. The molecule has 0 atom stereocenters. The summed E-state index contributed by atoms with van der Waals surface area (Å²) in [7, 11) is 0. The van der Waals surface area contributed by atoms with Gasteiger partial charge in [0, 0.05) is 6.54 Å². The van der Waals surface area contributed by atoms with Crippen molar-refractivity contribution in [1.29, 1.82) is 0 Å². The zero-order valence-corrected chi connectivity index (χ0v) is 10.7. The molecule has 0 aliphatic carbocycles. The number of imidazole rings is 1. The van der Waals surface area contributed by atoms with Crippen LogP contribution in [0.4, 0.5) is 0 Å². The van der Waals surface area contributed by atoms with E-state index in [4.69, 9.17) is 10.5 Å². The molecule has 0 aliphatic rings. The first kappa shape index (κ1) is 12.6. The molecule has 0 bridgehead atoms. The van der Waals surface area contributed by atoms with Gasteiger partial charge in [-0.1, -0.05) is 12.1 Å². The Morgan fingerprint density at radius 1 is 1.28 bits per heavy atom. The molecule has 2 aromatic rings. The van der Waals surface area contributed by atoms with Crippen LogP contribution in [0.1, 0.15) is 18.2 Å². The van der Waals surface area contributed by atoms with Crippen LogP contribution in [-0.2, 0) is 19.6 Å². The Bertz CT molecular complexity index is 476. The van der Waals surface area contributed by atoms with Gasteiger partial charge in [0.2, 0.25) is 0 Å². The first-order valence-electron chi connectivity index (χ1n) is 6.24. The average Bonchev–Trinajstić information content (AvgIpc) is 2.86. The standard InChI is InChI=1S/C14H19N3O/c1-2-17-11-16-9-13(17)10-18-14-5-3-12(4-6-14)7-8-15/h3-6,9,11H,2,7-8,10,15H2,1H3. The number of rotatable bonds is 6. The fourth-order valence-electron chi connectivity index (χ4n) is 1.83. The molecule has 0 saturated heterocycles. The van der Waals surface area contributed by atoms with Gasteiger partial charge in [0.1, 0.15) is 12.4 Å². The SMILES string of the molecule is CCn1cncc1COc1ccc(CCN)cc1. The first-order chi connectivity index (χ1) is 8.83. The molecule has 1 aromatic carbocycles. The van der Waals surface area contributed by atoms with Gasteiger partial charge in [-0.2, -0.15) is 0 Å². The van der Waals surface area contributed by atoms with Crippen molar-refractivity contribution in [2.24, 2.45) is 5.73 Å². The highest BCUT2D eigenvalue weighted by Gasteiger charge is 2.01. The Hall–Kier alpha value is -1.81. The average molecular weight is 245 g/mol. The molecule has 4 nitrogen and oxygen atoms in total. The van der Waals surface area contributed by atoms with E-state index in [-0.39, 0.29) is 0 Å². The van der Waals surface area contributed by atoms with Crippen LogP contribution in [0.5, 0.6) is 5.75 Å². The molecule has 0 fully saturated rings. The van der Waals surface area contributed by atoms with E-state index < -0.39 is 0 Å². The minimum absolute atomic E-state index is 0.546. The third-order valence-corrected chi connectivity index (χ3v) is 2.88. The van der Waals surface area contributed by atoms with Crippen molar-refractivity contribution in [3.05, 3.63) is 48.0 Å². The molecular formula is C14H19N3O. The van der Waals surface area contributed by atoms with Gasteiger partial charge >= 0.3 is 0 Å². The summed E-state index contributed by atoms with van der Waals surface area (Å²) in [4.78, 5) is 4.11. The van der Waals surface area contributed by atoms with E-state index in [1.54, 1.807) is 0 Å². The summed E-state index contributed by atoms with van der Waals surface area (Å²) in [5, 5.41) is 0. The lowest BCUT2D eigenvalue weighted by atomic mass is 10.1. The van der Waals surface area contributed by atoms with Crippen molar-refractivity contribution in [2.75, 3.05) is 6.54 Å². The van der Waals surface area contributed by atoms with Gasteiger partial charge in [-0.3, -0.25) is 0 Å². The third-order valence-electron chi connectivity index (χ3n) is 2.88. The lowest BCUT2D eigenvalue weighted by Crippen LogP contribution is -2.04. The summed E-state index contributed by atoms with van der Waals surface area (Å²) in [6.45, 7) is 4.22. The molecule has 0 radical (unpaired) electrons. The molecular weight excluding hydrogens is 226 g/mol. The summed E-state index contributed by atoms with van der Waals surface area (Å²) in [6, 6.07) is 8.08. The van der Waals surface area contributed by atoms with Crippen molar-refractivity contribution in [3.8, 4) is 5.75 Å². The van der Waals surface area contributed by atoms with Gasteiger partial charge in [-0.25, -0.2) is 4.98 Å². The molecule has 2 rings (SSSR count). The molecule has 18 heavy (non-hydrogen) atoms. The topological polar surface area (TPSA) is 53.1 Å². The smallest absolute Gasteiger partial charge is 0.130 e. The predicted octanol–water partition coefficient (Wildman–Crippen LogP) is 1.98. The Balaban J connectivity index is 1.94. The van der Waals surface area contributed by atoms with E-state index in [2.05, 4.69) is 28.6 Å². The maximum absolute atomic E-state index is 5.73. The molecule has 1 heterocycles. The quantitative estimate of drug-likeness (QED) is 0.846. The molecule has 0 amide bonds. The van der Waals surface area contributed by atoms with Crippen LogP contribution in [0.15, 0.2) is 36.8 Å². The van der Waals surface area contributed by atoms with Crippen LogP contribution < -0.4 is 10.5 Å². The molecule has 0 spiro atoms. The van der Waals surface area contributed by atoms with Gasteiger partial charge in [-0.05, 0) is 37.6 Å². The minimum atomic E-state index is 0.546. The Morgan fingerprint density at radius 2 is 2.06 bits per heavy atom. The second kappa shape index (κ2) is 6.21. The fourth-order valence-corrected chi connectivity index (χ4v) is 1.83. The van der Waals surface area contributed by atoms with E-state index in [1.807, 2.05) is 24.7 Å². The van der Waals surface area contributed by atoms with Crippen LogP contribution in [0.2, 0.25) is 0 Å². The second-order valence-corrected chi connectivity index (χ2v) is 4.14. The number of nitrogens with two attached hydrogens (primary N) is 1. The third kappa shape index (κ3) is 3.11. The number of ether oxygens (including phenoxy) is 1. The highest BCUT2D eigenvalue weighted by Crippen LogP contribution is 2.14. The molecule has 0 aliphatic heterocycles. The molecule has 1 aromatic heterocycles. The van der Waals surface area contributed by atoms with E-state index >= 15 is 0 Å². The predicted molar refractivity (Wildman–Crippen MR) is 71.4 cm³/mol. The van der Waals surface area contributed by atoms with Crippen LogP contribution in [0.3, 0.4) is 0 Å². The van der Waals surface area contributed by atoms with Gasteiger partial charge in [-0.15, -0.1) is 0 Å². The van der Waals surface area contributed by atoms with Crippen LogP contribution in [0.25, 0.3) is 0 Å². The van der Waals surface area contributed by atoms with Gasteiger partial charge in [0.05, 0.1) is 18.2 Å². The van der Waals surface area contributed by atoms with Crippen molar-refractivity contribution in [3.63, 3.8) is 0 Å². The molecule has 96 valence electrons. The van der Waals surface area contributed by atoms with Gasteiger partial charge < -0.3 is 15.0 Å². The maximum Gasteiger partial charge on any atom is 0.130 e. The Labute approximate surface area is 107 Å². The van der Waals surface area contributed by atoms with Crippen LogP contribution in [0, 0.1) is 0 Å². The van der Waals surface area contributed by atoms with Crippen LogP contribution >= 0.6 is 0 Å². The monoisotopic (exact) mass is 245 g/mol. The Kier molecular flexibility index (Phi) is 4.36. The zero-order chi connectivity index (χ0) is 12.8.